The van der Waals surface area contributed by atoms with Crippen molar-refractivity contribution in [1.29, 1.82) is 0 Å². The summed E-state index contributed by atoms with van der Waals surface area (Å²) in [5.74, 6) is 0.905. The largest absolute Gasteiger partial charge is 0.397 e. The monoisotopic (exact) mass is 232 g/mol. The molecule has 5 nitrogen and oxygen atoms in total. The Morgan fingerprint density at radius 2 is 2.12 bits per heavy atom. The van der Waals surface area contributed by atoms with Gasteiger partial charge in [-0.1, -0.05) is 19.3 Å². The number of rotatable bonds is 4. The number of aromatic nitrogens is 2. The van der Waals surface area contributed by atoms with Gasteiger partial charge in [-0.25, -0.2) is 4.63 Å². The van der Waals surface area contributed by atoms with Crippen LogP contribution in [0.1, 0.15) is 25.7 Å². The second-order valence-electron chi connectivity index (χ2n) is 4.68. The van der Waals surface area contributed by atoms with Crippen molar-refractivity contribution in [2.24, 2.45) is 5.92 Å². The molecule has 1 heterocycles. The fourth-order valence-corrected chi connectivity index (χ4v) is 2.22. The van der Waals surface area contributed by atoms with E-state index in [-0.39, 0.29) is 0 Å². The number of anilines is 2. The van der Waals surface area contributed by atoms with E-state index in [1.165, 1.54) is 25.7 Å². The highest BCUT2D eigenvalue weighted by atomic mass is 16.6. The predicted molar refractivity (Wildman–Crippen MR) is 66.7 cm³/mol. The molecule has 0 atom stereocenters. The molecule has 1 aromatic heterocycles. The molecule has 5 heteroatoms. The minimum atomic E-state index is 0.603. The number of nitrogens with zero attached hydrogens (tertiary/aromatic N) is 2. The molecule has 1 aliphatic carbocycles. The lowest BCUT2D eigenvalue weighted by molar-refractivity contribution is 0.303. The molecule has 17 heavy (non-hydrogen) atoms. The van der Waals surface area contributed by atoms with Gasteiger partial charge in [0.05, 0.1) is 11.4 Å². The number of nitrogens with one attached hydrogen (secondary N) is 1. The molecule has 0 radical (unpaired) electrons. The number of hydrogen-bond acceptors (Lipinski definition) is 5. The zero-order valence-electron chi connectivity index (χ0n) is 9.65. The number of nitrogen functional groups attached to an aromatic ring is 1. The number of hydrogen-bond donors (Lipinski definition) is 2. The van der Waals surface area contributed by atoms with E-state index in [4.69, 9.17) is 10.4 Å². The van der Waals surface area contributed by atoms with Gasteiger partial charge in [0.25, 0.3) is 0 Å². The molecule has 0 aliphatic heterocycles. The van der Waals surface area contributed by atoms with Crippen LogP contribution in [-0.2, 0) is 0 Å². The molecule has 0 unspecified atom stereocenters. The van der Waals surface area contributed by atoms with Crippen LogP contribution in [0.2, 0.25) is 0 Å². The van der Waals surface area contributed by atoms with Crippen LogP contribution in [0.25, 0.3) is 11.0 Å². The highest BCUT2D eigenvalue weighted by Gasteiger charge is 2.17. The molecule has 0 amide bonds. The molecular formula is C12H16N4O. The van der Waals surface area contributed by atoms with E-state index < -0.39 is 0 Å². The van der Waals surface area contributed by atoms with Gasteiger partial charge >= 0.3 is 0 Å². The van der Waals surface area contributed by atoms with E-state index in [9.17, 15) is 0 Å². The third-order valence-electron chi connectivity index (χ3n) is 3.54. The fourth-order valence-electron chi connectivity index (χ4n) is 2.22. The maximum atomic E-state index is 5.79. The van der Waals surface area contributed by atoms with E-state index in [1.54, 1.807) is 0 Å². The molecule has 1 fully saturated rings. The van der Waals surface area contributed by atoms with Crippen LogP contribution in [0, 0.1) is 5.92 Å². The summed E-state index contributed by atoms with van der Waals surface area (Å²) in [5, 5.41) is 11.1. The van der Waals surface area contributed by atoms with Crippen LogP contribution in [0.3, 0.4) is 0 Å². The lowest BCUT2D eigenvalue weighted by Gasteiger charge is -2.25. The lowest BCUT2D eigenvalue weighted by Crippen LogP contribution is -2.15. The van der Waals surface area contributed by atoms with Gasteiger partial charge in [-0.3, -0.25) is 0 Å². The zero-order chi connectivity index (χ0) is 11.7. The Bertz CT molecular complexity index is 518. The van der Waals surface area contributed by atoms with Crippen molar-refractivity contribution in [3.05, 3.63) is 12.1 Å². The molecule has 3 N–H and O–H groups in total. The van der Waals surface area contributed by atoms with Crippen molar-refractivity contribution >= 4 is 22.4 Å². The van der Waals surface area contributed by atoms with Gasteiger partial charge in [-0.15, -0.1) is 0 Å². The Hall–Kier alpha value is -1.78. The van der Waals surface area contributed by atoms with Crippen LogP contribution in [0.5, 0.6) is 0 Å². The Morgan fingerprint density at radius 1 is 1.29 bits per heavy atom. The van der Waals surface area contributed by atoms with Gasteiger partial charge in [0.2, 0.25) is 0 Å². The minimum absolute atomic E-state index is 0.603. The van der Waals surface area contributed by atoms with E-state index in [2.05, 4.69) is 15.6 Å². The van der Waals surface area contributed by atoms with Gasteiger partial charge in [-0.2, -0.15) is 0 Å². The van der Waals surface area contributed by atoms with Crippen LogP contribution in [0.4, 0.5) is 11.4 Å². The number of benzene rings is 1. The Kier molecular flexibility index (Phi) is 2.59. The van der Waals surface area contributed by atoms with Crippen LogP contribution >= 0.6 is 0 Å². The molecule has 0 bridgehead atoms. The summed E-state index contributed by atoms with van der Waals surface area (Å²) in [6.07, 6.45) is 5.37. The Balaban J connectivity index is 1.71. The summed E-state index contributed by atoms with van der Waals surface area (Å²) < 4.78 is 4.73. The summed E-state index contributed by atoms with van der Waals surface area (Å²) in [6, 6.07) is 3.76. The van der Waals surface area contributed by atoms with E-state index in [1.807, 2.05) is 12.1 Å². The van der Waals surface area contributed by atoms with Gasteiger partial charge in [0.1, 0.15) is 0 Å². The first-order chi connectivity index (χ1) is 8.34. The van der Waals surface area contributed by atoms with Crippen molar-refractivity contribution in [3.8, 4) is 0 Å². The van der Waals surface area contributed by atoms with Gasteiger partial charge < -0.3 is 11.1 Å². The Labute approximate surface area is 99.3 Å². The molecule has 1 aromatic carbocycles. The van der Waals surface area contributed by atoms with Crippen molar-refractivity contribution in [1.82, 2.24) is 10.3 Å². The second kappa shape index (κ2) is 4.24. The van der Waals surface area contributed by atoms with Gasteiger partial charge in [0.15, 0.2) is 11.0 Å². The molecule has 2 aromatic rings. The van der Waals surface area contributed by atoms with Crippen molar-refractivity contribution in [3.63, 3.8) is 0 Å². The zero-order valence-corrected chi connectivity index (χ0v) is 9.65. The average Bonchev–Trinajstić information content (AvgIpc) is 2.74. The van der Waals surface area contributed by atoms with E-state index >= 15 is 0 Å². The van der Waals surface area contributed by atoms with Crippen LogP contribution < -0.4 is 11.1 Å². The predicted octanol–water partition coefficient (Wildman–Crippen LogP) is 2.41. The molecular weight excluding hydrogens is 216 g/mol. The molecule has 1 aliphatic rings. The average molecular weight is 232 g/mol. The topological polar surface area (TPSA) is 77.0 Å². The molecule has 0 spiro atoms. The molecule has 90 valence electrons. The summed E-state index contributed by atoms with van der Waals surface area (Å²) in [4.78, 5) is 0. The Morgan fingerprint density at radius 3 is 2.88 bits per heavy atom. The van der Waals surface area contributed by atoms with Crippen molar-refractivity contribution in [2.75, 3.05) is 17.6 Å². The maximum Gasteiger partial charge on any atom is 0.160 e. The summed E-state index contributed by atoms with van der Waals surface area (Å²) in [7, 11) is 0. The SMILES string of the molecule is Nc1ccc(NCCC2CCC2)c2nonc12. The van der Waals surface area contributed by atoms with Gasteiger partial charge in [-0.05, 0) is 34.8 Å². The van der Waals surface area contributed by atoms with Crippen molar-refractivity contribution in [2.45, 2.75) is 25.7 Å². The first-order valence-corrected chi connectivity index (χ1v) is 6.09. The van der Waals surface area contributed by atoms with E-state index in [0.29, 0.717) is 11.2 Å². The normalized spacial score (nSPS) is 16.0. The highest BCUT2D eigenvalue weighted by molar-refractivity contribution is 5.94. The van der Waals surface area contributed by atoms with Gasteiger partial charge in [0, 0.05) is 6.54 Å². The lowest BCUT2D eigenvalue weighted by atomic mass is 9.83. The minimum Gasteiger partial charge on any atom is -0.397 e. The third-order valence-corrected chi connectivity index (χ3v) is 3.54. The van der Waals surface area contributed by atoms with Crippen LogP contribution in [0.15, 0.2) is 16.8 Å². The number of fused-ring (bicyclic) bond motifs is 1. The highest BCUT2D eigenvalue weighted by Crippen LogP contribution is 2.30. The summed E-state index contributed by atoms with van der Waals surface area (Å²) >= 11 is 0. The summed E-state index contributed by atoms with van der Waals surface area (Å²) in [6.45, 7) is 0.969. The smallest absolute Gasteiger partial charge is 0.160 e. The molecule has 3 rings (SSSR count). The standard InChI is InChI=1S/C12H16N4O/c13-9-4-5-10(12-11(9)15-17-16-12)14-7-6-8-2-1-3-8/h4-5,8,14H,1-3,6-7,13H2. The summed E-state index contributed by atoms with van der Waals surface area (Å²) in [5.41, 5.74) is 8.70. The second-order valence-corrected chi connectivity index (χ2v) is 4.68. The maximum absolute atomic E-state index is 5.79. The van der Waals surface area contributed by atoms with Crippen LogP contribution in [-0.4, -0.2) is 16.9 Å². The first-order valence-electron chi connectivity index (χ1n) is 6.09. The molecule has 1 saturated carbocycles. The molecule has 0 saturated heterocycles. The first kappa shape index (κ1) is 10.4. The number of nitrogens with two attached hydrogens (primary N) is 1. The van der Waals surface area contributed by atoms with Crippen molar-refractivity contribution < 1.29 is 4.63 Å². The fraction of sp³-hybridized carbons (Fsp3) is 0.500. The third kappa shape index (κ3) is 1.92. The quantitative estimate of drug-likeness (QED) is 0.791. The van der Waals surface area contributed by atoms with E-state index in [0.717, 1.165) is 23.7 Å².